The van der Waals surface area contributed by atoms with E-state index < -0.39 is 63.7 Å². The molecule has 5 unspecified atom stereocenters. The second-order valence-corrected chi connectivity index (χ2v) is 12.7. The van der Waals surface area contributed by atoms with Crippen molar-refractivity contribution >= 4 is 23.7 Å². The molecule has 2 saturated carbocycles. The van der Waals surface area contributed by atoms with Crippen LogP contribution in [0.25, 0.3) is 0 Å². The summed E-state index contributed by atoms with van der Waals surface area (Å²) in [7, 11) is 0. The topological polar surface area (TPSA) is 122 Å². The van der Waals surface area contributed by atoms with Gasteiger partial charge in [-0.15, -0.1) is 0 Å². The number of furan rings is 1. The van der Waals surface area contributed by atoms with Gasteiger partial charge in [-0.3, -0.25) is 14.4 Å². The van der Waals surface area contributed by atoms with Crippen molar-refractivity contribution in [3.8, 4) is 0 Å². The van der Waals surface area contributed by atoms with E-state index in [1.54, 1.807) is 12.3 Å². The number of ketones is 1. The van der Waals surface area contributed by atoms with Crippen molar-refractivity contribution in [1.29, 1.82) is 0 Å². The molecule has 3 saturated heterocycles. The molecule has 1 aromatic heterocycles. The van der Waals surface area contributed by atoms with E-state index in [0.29, 0.717) is 12.8 Å². The molecule has 37 heavy (non-hydrogen) atoms. The third kappa shape index (κ3) is 2.79. The maximum absolute atomic E-state index is 14.4. The highest BCUT2D eigenvalue weighted by molar-refractivity contribution is 5.93. The monoisotopic (exact) mass is 514 g/mol. The van der Waals surface area contributed by atoms with E-state index >= 15 is 0 Å². The highest BCUT2D eigenvalue weighted by Crippen LogP contribution is 2.78. The molecule has 9 nitrogen and oxygen atoms in total. The van der Waals surface area contributed by atoms with Crippen LogP contribution in [0.15, 0.2) is 23.0 Å². The molecule has 6 rings (SSSR count). The van der Waals surface area contributed by atoms with E-state index in [1.807, 2.05) is 34.6 Å². The molecule has 0 radical (unpaired) electrons. The fourth-order valence-corrected chi connectivity index (χ4v) is 9.24. The van der Waals surface area contributed by atoms with Crippen LogP contribution in [0.4, 0.5) is 0 Å². The second kappa shape index (κ2) is 7.24. The Morgan fingerprint density at radius 2 is 1.76 bits per heavy atom. The molecule has 9 atom stereocenters. The second-order valence-electron chi connectivity index (χ2n) is 12.7. The van der Waals surface area contributed by atoms with Gasteiger partial charge >= 0.3 is 17.9 Å². The third-order valence-corrected chi connectivity index (χ3v) is 10.8. The molecule has 0 aromatic carbocycles. The van der Waals surface area contributed by atoms with Crippen molar-refractivity contribution < 1.29 is 42.5 Å². The summed E-state index contributed by atoms with van der Waals surface area (Å²) < 4.78 is 29.3. The van der Waals surface area contributed by atoms with E-state index in [9.17, 15) is 19.2 Å². The summed E-state index contributed by atoms with van der Waals surface area (Å²) in [5, 5.41) is 0. The van der Waals surface area contributed by atoms with Gasteiger partial charge in [-0.2, -0.15) is 0 Å². The predicted molar refractivity (Wildman–Crippen MR) is 126 cm³/mol. The number of fused-ring (bicyclic) bond motifs is 3. The summed E-state index contributed by atoms with van der Waals surface area (Å²) in [5.41, 5.74) is -3.88. The first kappa shape index (κ1) is 24.6. The Hall–Kier alpha value is -2.68. The number of Topliss-reactive ketones (excluding diaryl/α,β-unsaturated/α-hetero) is 1. The fraction of sp³-hybridized carbons (Fsp3) is 0.714. The van der Waals surface area contributed by atoms with Crippen LogP contribution in [-0.2, 0) is 38.1 Å². The maximum Gasteiger partial charge on any atom is 0.339 e. The molecule has 200 valence electrons. The Labute approximate surface area is 215 Å². The highest BCUT2D eigenvalue weighted by atomic mass is 16.7. The zero-order valence-corrected chi connectivity index (χ0v) is 22.1. The van der Waals surface area contributed by atoms with Crippen LogP contribution in [0.5, 0.6) is 0 Å². The standard InChI is InChI=1S/C28H34O9/c1-14(29)34-19-12-20(31)36-24(2,3)17-11-18(30)27(6)16(26(17,19)5)7-9-25(4)21(15-8-10-33-13-15)35-23(32)22-28(25,27)37-22/h8,10,13,16-17,19,21-22H,7,9,11-12H2,1-6H3/t16?,17?,19?,21?,22?,25-,26+,27-,28+/m0/s1. The number of cyclic esters (lactones) is 2. The van der Waals surface area contributed by atoms with Gasteiger partial charge in [0.1, 0.15) is 29.2 Å². The molecule has 0 bridgehead atoms. The van der Waals surface area contributed by atoms with Crippen molar-refractivity contribution in [2.24, 2.45) is 28.1 Å². The third-order valence-electron chi connectivity index (χ3n) is 10.8. The minimum Gasteiger partial charge on any atom is -0.472 e. The number of ether oxygens (including phenoxy) is 4. The Balaban J connectivity index is 1.54. The molecule has 9 heteroatoms. The van der Waals surface area contributed by atoms with E-state index in [-0.39, 0.29) is 30.5 Å². The molecular weight excluding hydrogens is 480 g/mol. The van der Waals surface area contributed by atoms with Gasteiger partial charge in [0.05, 0.1) is 24.4 Å². The zero-order chi connectivity index (χ0) is 26.8. The maximum atomic E-state index is 14.4. The first-order chi connectivity index (χ1) is 17.2. The van der Waals surface area contributed by atoms with Gasteiger partial charge < -0.3 is 23.4 Å². The number of epoxide rings is 1. The predicted octanol–water partition coefficient (Wildman–Crippen LogP) is 3.69. The normalized spacial score (nSPS) is 47.7. The van der Waals surface area contributed by atoms with Crippen LogP contribution in [0.3, 0.4) is 0 Å². The number of hydrogen-bond donors (Lipinski definition) is 0. The van der Waals surface area contributed by atoms with E-state index in [2.05, 4.69) is 0 Å². The first-order valence-corrected chi connectivity index (χ1v) is 13.1. The minimum atomic E-state index is -1.09. The smallest absolute Gasteiger partial charge is 0.339 e. The lowest BCUT2D eigenvalue weighted by Gasteiger charge is -2.66. The van der Waals surface area contributed by atoms with Gasteiger partial charge in [-0.25, -0.2) is 4.79 Å². The van der Waals surface area contributed by atoms with Crippen LogP contribution < -0.4 is 0 Å². The van der Waals surface area contributed by atoms with Crippen LogP contribution in [0.1, 0.15) is 78.9 Å². The largest absolute Gasteiger partial charge is 0.472 e. The zero-order valence-electron chi connectivity index (χ0n) is 22.1. The van der Waals surface area contributed by atoms with E-state index in [1.165, 1.54) is 13.2 Å². The SMILES string of the molecule is CC(=O)OC1CC(=O)OC(C)(C)C2CC(=O)[C@]3(C)C(CC[C@@]4(C)C(c5ccoc5)OC(=O)C5O[C@]543)[C@@]12C. The van der Waals surface area contributed by atoms with Crippen molar-refractivity contribution in [3.63, 3.8) is 0 Å². The van der Waals surface area contributed by atoms with Crippen LogP contribution in [-0.4, -0.2) is 47.1 Å². The molecule has 5 fully saturated rings. The van der Waals surface area contributed by atoms with Crippen molar-refractivity contribution in [2.45, 2.75) is 96.7 Å². The van der Waals surface area contributed by atoms with Gasteiger partial charge in [0, 0.05) is 35.7 Å². The number of rotatable bonds is 2. The summed E-state index contributed by atoms with van der Waals surface area (Å²) in [4.78, 5) is 52.7. The minimum absolute atomic E-state index is 0.0263. The lowest BCUT2D eigenvalue weighted by molar-refractivity contribution is -0.234. The lowest BCUT2D eigenvalue weighted by atomic mass is 9.37. The average Bonchev–Trinajstić information content (AvgIpc) is 3.38. The van der Waals surface area contributed by atoms with Gasteiger partial charge in [-0.05, 0) is 45.6 Å². The molecule has 1 aromatic rings. The first-order valence-electron chi connectivity index (χ1n) is 13.1. The quantitative estimate of drug-likeness (QED) is 0.330. The Morgan fingerprint density at radius 3 is 2.41 bits per heavy atom. The summed E-state index contributed by atoms with van der Waals surface area (Å²) in [6.07, 6.45) is 2.06. The van der Waals surface area contributed by atoms with Gasteiger partial charge in [-0.1, -0.05) is 13.8 Å². The molecule has 5 aliphatic rings. The molecular formula is C28H34O9. The van der Waals surface area contributed by atoms with E-state index in [0.717, 1.165) is 5.56 Å². The number of carbonyl (C=O) groups is 4. The number of carbonyl (C=O) groups excluding carboxylic acids is 4. The van der Waals surface area contributed by atoms with Gasteiger partial charge in [0.15, 0.2) is 6.10 Å². The Kier molecular flexibility index (Phi) is 4.82. The van der Waals surface area contributed by atoms with Crippen molar-refractivity contribution in [1.82, 2.24) is 0 Å². The summed E-state index contributed by atoms with van der Waals surface area (Å²) in [5.74, 6) is -2.18. The van der Waals surface area contributed by atoms with Crippen LogP contribution >= 0.6 is 0 Å². The summed E-state index contributed by atoms with van der Waals surface area (Å²) in [6.45, 7) is 11.0. The van der Waals surface area contributed by atoms with Gasteiger partial charge in [0.2, 0.25) is 0 Å². The summed E-state index contributed by atoms with van der Waals surface area (Å²) >= 11 is 0. The molecule has 3 aliphatic heterocycles. The molecule has 1 spiro atoms. The van der Waals surface area contributed by atoms with E-state index in [4.69, 9.17) is 23.4 Å². The average molecular weight is 515 g/mol. The number of hydrogen-bond acceptors (Lipinski definition) is 9. The van der Waals surface area contributed by atoms with Crippen molar-refractivity contribution in [2.75, 3.05) is 0 Å². The van der Waals surface area contributed by atoms with Crippen molar-refractivity contribution in [3.05, 3.63) is 24.2 Å². The molecule has 0 amide bonds. The lowest BCUT2D eigenvalue weighted by Crippen LogP contribution is -2.72. The molecule has 4 heterocycles. The van der Waals surface area contributed by atoms with Gasteiger partial charge in [0.25, 0.3) is 0 Å². The van der Waals surface area contributed by atoms with Crippen LogP contribution in [0, 0.1) is 28.1 Å². The molecule has 0 N–H and O–H groups in total. The fourth-order valence-electron chi connectivity index (χ4n) is 9.24. The van der Waals surface area contributed by atoms with Crippen LogP contribution in [0.2, 0.25) is 0 Å². The molecule has 2 aliphatic carbocycles. The summed E-state index contributed by atoms with van der Waals surface area (Å²) in [6, 6.07) is 1.78. The Bertz CT molecular complexity index is 1200. The Morgan fingerprint density at radius 1 is 1.03 bits per heavy atom. The highest BCUT2D eigenvalue weighted by Gasteiger charge is 2.88. The number of esters is 3.